The molecule has 1 N–H and O–H groups in total. The lowest BCUT2D eigenvalue weighted by Gasteiger charge is -2.33. The summed E-state index contributed by atoms with van der Waals surface area (Å²) in [5, 5.41) is 4.24. The Morgan fingerprint density at radius 2 is 2.04 bits per heavy atom. The van der Waals surface area contributed by atoms with Crippen LogP contribution in [0.25, 0.3) is 0 Å². The number of nitrogens with one attached hydrogen (secondary N) is 1. The van der Waals surface area contributed by atoms with Crippen LogP contribution in [0.1, 0.15) is 50.0 Å². The van der Waals surface area contributed by atoms with Gasteiger partial charge in [0.25, 0.3) is 0 Å². The van der Waals surface area contributed by atoms with Gasteiger partial charge in [-0.3, -0.25) is 0 Å². The van der Waals surface area contributed by atoms with Crippen LogP contribution in [-0.4, -0.2) is 39.0 Å². The van der Waals surface area contributed by atoms with Crippen molar-refractivity contribution < 1.29 is 13.9 Å². The molecule has 140 valence electrons. The number of rotatable bonds is 6. The topological polar surface area (TPSA) is 30.5 Å². The Bertz CT molecular complexity index is 548. The van der Waals surface area contributed by atoms with Crippen LogP contribution in [0.2, 0.25) is 5.02 Å². The van der Waals surface area contributed by atoms with Crippen molar-refractivity contribution >= 4 is 11.6 Å². The molecule has 2 aliphatic rings. The largest absolute Gasteiger partial charge is 0.379 e. The molecule has 1 saturated carbocycles. The first kappa shape index (κ1) is 19.1. The van der Waals surface area contributed by atoms with Gasteiger partial charge in [-0.15, -0.1) is 0 Å². The van der Waals surface area contributed by atoms with E-state index < -0.39 is 0 Å². The average molecular weight is 370 g/mol. The summed E-state index contributed by atoms with van der Waals surface area (Å²) in [5.41, 5.74) is 1.12. The molecule has 1 heterocycles. The molecular formula is C20H29ClFNO2. The number of halogens is 2. The summed E-state index contributed by atoms with van der Waals surface area (Å²) in [4.78, 5) is 0. The molecule has 0 aromatic heterocycles. The molecule has 0 unspecified atom stereocenters. The van der Waals surface area contributed by atoms with Gasteiger partial charge in [0.1, 0.15) is 5.82 Å². The molecule has 1 aromatic rings. The second-order valence-electron chi connectivity index (χ2n) is 7.37. The Kier molecular flexibility index (Phi) is 7.11. The van der Waals surface area contributed by atoms with Gasteiger partial charge < -0.3 is 14.8 Å². The first-order chi connectivity index (χ1) is 12.2. The molecule has 0 amide bonds. The Labute approximate surface area is 155 Å². The van der Waals surface area contributed by atoms with Crippen molar-refractivity contribution in [3.05, 3.63) is 34.6 Å². The quantitative estimate of drug-likeness (QED) is 0.798. The van der Waals surface area contributed by atoms with Gasteiger partial charge in [-0.1, -0.05) is 17.7 Å². The van der Waals surface area contributed by atoms with Crippen LogP contribution in [0.5, 0.6) is 0 Å². The molecule has 3 nitrogen and oxygen atoms in total. The smallest absolute Gasteiger partial charge is 0.124 e. The standard InChI is InChI=1S/C20H29ClFNO2/c1-24-20-13-25-11-9-19(20)23-10-8-14-2-4-15(5-3-14)17-7-6-16(22)12-18(17)21/h6-7,12,14-15,19-20,23H,2-5,8-11,13H2,1H3/t14?,15?,19-,20+/m0/s1. The van der Waals surface area contributed by atoms with Gasteiger partial charge in [-0.05, 0) is 74.6 Å². The molecule has 0 bridgehead atoms. The average Bonchev–Trinajstić information content (AvgIpc) is 2.63. The summed E-state index contributed by atoms with van der Waals surface area (Å²) >= 11 is 6.22. The monoisotopic (exact) mass is 369 g/mol. The van der Waals surface area contributed by atoms with Crippen LogP contribution < -0.4 is 5.32 Å². The molecule has 5 heteroatoms. The van der Waals surface area contributed by atoms with Crippen LogP contribution >= 0.6 is 11.6 Å². The SMILES string of the molecule is CO[C@@H]1COCC[C@@H]1NCCC1CCC(c2ccc(F)cc2Cl)CC1. The van der Waals surface area contributed by atoms with Crippen LogP contribution in [0.15, 0.2) is 18.2 Å². The highest BCUT2D eigenvalue weighted by atomic mass is 35.5. The molecule has 25 heavy (non-hydrogen) atoms. The van der Waals surface area contributed by atoms with E-state index in [0.717, 1.165) is 43.9 Å². The molecule has 2 atom stereocenters. The van der Waals surface area contributed by atoms with Crippen LogP contribution in [0.3, 0.4) is 0 Å². The predicted octanol–water partition coefficient (Wildman–Crippen LogP) is 4.54. The van der Waals surface area contributed by atoms with E-state index in [-0.39, 0.29) is 11.9 Å². The minimum atomic E-state index is -0.254. The van der Waals surface area contributed by atoms with E-state index in [4.69, 9.17) is 21.1 Å². The highest BCUT2D eigenvalue weighted by molar-refractivity contribution is 6.31. The number of ether oxygens (including phenoxy) is 2. The van der Waals surface area contributed by atoms with E-state index >= 15 is 0 Å². The fraction of sp³-hybridized carbons (Fsp3) is 0.700. The van der Waals surface area contributed by atoms with Crippen LogP contribution in [0, 0.1) is 11.7 Å². The van der Waals surface area contributed by atoms with Crippen molar-refractivity contribution in [3.8, 4) is 0 Å². The molecule has 1 aliphatic heterocycles. The number of benzene rings is 1. The Morgan fingerprint density at radius 3 is 2.76 bits per heavy atom. The van der Waals surface area contributed by atoms with E-state index in [1.165, 1.54) is 31.4 Å². The first-order valence-electron chi connectivity index (χ1n) is 9.46. The Balaban J connectivity index is 1.40. The predicted molar refractivity (Wildman–Crippen MR) is 98.7 cm³/mol. The van der Waals surface area contributed by atoms with Crippen LogP contribution in [0.4, 0.5) is 4.39 Å². The maximum absolute atomic E-state index is 13.2. The molecule has 1 saturated heterocycles. The minimum absolute atomic E-state index is 0.171. The van der Waals surface area contributed by atoms with Crippen molar-refractivity contribution in [3.63, 3.8) is 0 Å². The number of methoxy groups -OCH3 is 1. The van der Waals surface area contributed by atoms with E-state index in [1.807, 2.05) is 6.07 Å². The summed E-state index contributed by atoms with van der Waals surface area (Å²) < 4.78 is 24.2. The van der Waals surface area contributed by atoms with E-state index in [2.05, 4.69) is 5.32 Å². The second-order valence-corrected chi connectivity index (χ2v) is 7.78. The maximum Gasteiger partial charge on any atom is 0.124 e. The fourth-order valence-corrected chi connectivity index (χ4v) is 4.57. The Morgan fingerprint density at radius 1 is 1.24 bits per heavy atom. The summed E-state index contributed by atoms with van der Waals surface area (Å²) in [6, 6.07) is 5.23. The summed E-state index contributed by atoms with van der Waals surface area (Å²) in [7, 11) is 1.76. The normalized spacial score (nSPS) is 30.4. The zero-order chi connectivity index (χ0) is 17.6. The highest BCUT2D eigenvalue weighted by Gasteiger charge is 2.27. The lowest BCUT2D eigenvalue weighted by molar-refractivity contribution is -0.0499. The van der Waals surface area contributed by atoms with Gasteiger partial charge in [-0.25, -0.2) is 4.39 Å². The van der Waals surface area contributed by atoms with E-state index in [9.17, 15) is 4.39 Å². The van der Waals surface area contributed by atoms with Gasteiger partial charge >= 0.3 is 0 Å². The van der Waals surface area contributed by atoms with Gasteiger partial charge in [0.2, 0.25) is 0 Å². The fourth-order valence-electron chi connectivity index (χ4n) is 4.25. The van der Waals surface area contributed by atoms with Crippen molar-refractivity contribution in [1.29, 1.82) is 0 Å². The molecular weight excluding hydrogens is 341 g/mol. The molecule has 2 fully saturated rings. The number of hydrogen-bond donors (Lipinski definition) is 1. The zero-order valence-corrected chi connectivity index (χ0v) is 15.7. The van der Waals surface area contributed by atoms with Gasteiger partial charge in [0.05, 0.1) is 12.7 Å². The van der Waals surface area contributed by atoms with Crippen LogP contribution in [-0.2, 0) is 9.47 Å². The lowest BCUT2D eigenvalue weighted by Crippen LogP contribution is -2.47. The van der Waals surface area contributed by atoms with Gasteiger partial charge in [0.15, 0.2) is 0 Å². The van der Waals surface area contributed by atoms with Crippen molar-refractivity contribution in [1.82, 2.24) is 5.32 Å². The summed E-state index contributed by atoms with van der Waals surface area (Å²) in [6.45, 7) is 2.55. The van der Waals surface area contributed by atoms with E-state index in [1.54, 1.807) is 7.11 Å². The first-order valence-corrected chi connectivity index (χ1v) is 9.84. The number of hydrogen-bond acceptors (Lipinski definition) is 3. The molecule has 1 aliphatic carbocycles. The maximum atomic E-state index is 13.2. The molecule has 0 spiro atoms. The van der Waals surface area contributed by atoms with Crippen molar-refractivity contribution in [2.75, 3.05) is 26.9 Å². The van der Waals surface area contributed by atoms with Crippen molar-refractivity contribution in [2.24, 2.45) is 5.92 Å². The minimum Gasteiger partial charge on any atom is -0.379 e. The third-order valence-corrected chi connectivity index (χ3v) is 6.14. The molecule has 0 radical (unpaired) electrons. The van der Waals surface area contributed by atoms with E-state index in [0.29, 0.717) is 23.6 Å². The third-order valence-electron chi connectivity index (χ3n) is 5.82. The summed E-state index contributed by atoms with van der Waals surface area (Å²) in [5.74, 6) is 0.991. The highest BCUT2D eigenvalue weighted by Crippen LogP contribution is 2.39. The molecule has 1 aromatic carbocycles. The lowest BCUT2D eigenvalue weighted by atomic mass is 9.77. The van der Waals surface area contributed by atoms with Crippen molar-refractivity contribution in [2.45, 2.75) is 56.6 Å². The third kappa shape index (κ3) is 5.16. The van der Waals surface area contributed by atoms with Gasteiger partial charge in [0, 0.05) is 24.8 Å². The van der Waals surface area contributed by atoms with Gasteiger partial charge in [-0.2, -0.15) is 0 Å². The second kappa shape index (κ2) is 9.31. The summed E-state index contributed by atoms with van der Waals surface area (Å²) in [6.07, 6.45) is 7.14. The zero-order valence-electron chi connectivity index (χ0n) is 15.0. The Hall–Kier alpha value is -0.680. The molecule has 3 rings (SSSR count).